The van der Waals surface area contributed by atoms with Gasteiger partial charge >= 0.3 is 0 Å². The molecule has 0 aliphatic rings. The van der Waals surface area contributed by atoms with Gasteiger partial charge in [-0.3, -0.25) is 9.89 Å². The maximum Gasteiger partial charge on any atom is 0.247 e. The minimum absolute atomic E-state index is 0.200. The molecule has 0 radical (unpaired) electrons. The summed E-state index contributed by atoms with van der Waals surface area (Å²) < 4.78 is 13.4. The van der Waals surface area contributed by atoms with Gasteiger partial charge in [0.15, 0.2) is 5.82 Å². The third-order valence-electron chi connectivity index (χ3n) is 2.98. The Hall–Kier alpha value is -2.89. The summed E-state index contributed by atoms with van der Waals surface area (Å²) in [6.45, 7) is 0. The van der Waals surface area contributed by atoms with Crippen molar-refractivity contribution in [3.05, 3.63) is 58.8 Å². The Kier molecular flexibility index (Phi) is 2.83. The van der Waals surface area contributed by atoms with Gasteiger partial charge in [-0.1, -0.05) is 12.1 Å². The summed E-state index contributed by atoms with van der Waals surface area (Å²) in [5.41, 5.74) is 8.23. The van der Waals surface area contributed by atoms with E-state index in [1.165, 1.54) is 18.2 Å². The third-order valence-corrected chi connectivity index (χ3v) is 2.98. The zero-order valence-corrected chi connectivity index (χ0v) is 10.4. The summed E-state index contributed by atoms with van der Waals surface area (Å²) >= 11 is 0. The van der Waals surface area contributed by atoms with Gasteiger partial charge in [-0.2, -0.15) is 5.10 Å². The maximum atomic E-state index is 13.4. The lowest BCUT2D eigenvalue weighted by atomic mass is 10.0. The van der Waals surface area contributed by atoms with Gasteiger partial charge < -0.3 is 10.7 Å². The molecule has 0 fully saturated rings. The fourth-order valence-corrected chi connectivity index (χ4v) is 2.07. The second kappa shape index (κ2) is 4.65. The van der Waals surface area contributed by atoms with Gasteiger partial charge in [0.05, 0.1) is 11.3 Å². The van der Waals surface area contributed by atoms with Crippen LogP contribution in [0.1, 0.15) is 0 Å². The molecule has 3 aromatic rings. The van der Waals surface area contributed by atoms with Gasteiger partial charge in [0.2, 0.25) is 5.56 Å². The molecule has 0 unspecified atom stereocenters. The quantitative estimate of drug-likeness (QED) is 0.666. The van der Waals surface area contributed by atoms with Crippen molar-refractivity contribution < 1.29 is 4.39 Å². The summed E-state index contributed by atoms with van der Waals surface area (Å²) in [6, 6.07) is 9.15. The lowest BCUT2D eigenvalue weighted by Crippen LogP contribution is -2.01. The van der Waals surface area contributed by atoms with E-state index < -0.39 is 0 Å². The number of hydrogen-bond acceptors (Lipinski definition) is 3. The number of nitrogens with one attached hydrogen (secondary N) is 2. The van der Waals surface area contributed by atoms with Crippen molar-refractivity contribution >= 4 is 5.82 Å². The number of rotatable bonds is 2. The normalized spacial score (nSPS) is 10.7. The highest BCUT2D eigenvalue weighted by Gasteiger charge is 2.15. The molecule has 0 atom stereocenters. The van der Waals surface area contributed by atoms with Crippen molar-refractivity contribution in [2.24, 2.45) is 0 Å². The number of hydrogen-bond donors (Lipinski definition) is 3. The van der Waals surface area contributed by atoms with E-state index in [2.05, 4.69) is 15.2 Å². The van der Waals surface area contributed by atoms with Gasteiger partial charge in [0.25, 0.3) is 0 Å². The molecule has 0 aliphatic heterocycles. The molecule has 5 nitrogen and oxygen atoms in total. The lowest BCUT2D eigenvalue weighted by Gasteiger charge is -2.04. The van der Waals surface area contributed by atoms with Gasteiger partial charge in [0, 0.05) is 17.8 Å². The smallest absolute Gasteiger partial charge is 0.247 e. The van der Waals surface area contributed by atoms with E-state index in [4.69, 9.17) is 5.73 Å². The zero-order valence-electron chi connectivity index (χ0n) is 10.4. The molecule has 3 rings (SSSR count). The van der Waals surface area contributed by atoms with E-state index in [0.29, 0.717) is 22.4 Å². The van der Waals surface area contributed by atoms with Crippen LogP contribution in [0.4, 0.5) is 10.2 Å². The molecule has 0 saturated carbocycles. The van der Waals surface area contributed by atoms with Crippen molar-refractivity contribution in [1.82, 2.24) is 15.2 Å². The fourth-order valence-electron chi connectivity index (χ4n) is 2.07. The van der Waals surface area contributed by atoms with Crippen LogP contribution >= 0.6 is 0 Å². The standard InChI is InChI=1S/C14H11FN4O/c15-10-3-1-2-8(6-10)12-13(18-19-14(12)16)9-4-5-11(20)17-7-9/h1-7H,(H,17,20)(H3,16,18,19). The number of H-pyrrole nitrogens is 2. The molecule has 0 saturated heterocycles. The highest BCUT2D eigenvalue weighted by Crippen LogP contribution is 2.34. The Bertz CT molecular complexity index is 802. The van der Waals surface area contributed by atoms with Crippen LogP contribution in [0.15, 0.2) is 47.4 Å². The average Bonchev–Trinajstić information content (AvgIpc) is 2.81. The SMILES string of the molecule is Nc1n[nH]c(-c2ccc(=O)[nH]c2)c1-c1cccc(F)c1. The van der Waals surface area contributed by atoms with Gasteiger partial charge in [-0.15, -0.1) is 0 Å². The van der Waals surface area contributed by atoms with Crippen LogP contribution in [0.2, 0.25) is 0 Å². The fraction of sp³-hybridized carbons (Fsp3) is 0. The molecule has 0 bridgehead atoms. The average molecular weight is 270 g/mol. The summed E-state index contributed by atoms with van der Waals surface area (Å²) in [6.07, 6.45) is 1.55. The van der Waals surface area contributed by atoms with E-state index in [9.17, 15) is 9.18 Å². The Morgan fingerprint density at radius 2 is 2.00 bits per heavy atom. The highest BCUT2D eigenvalue weighted by atomic mass is 19.1. The minimum atomic E-state index is -0.351. The van der Waals surface area contributed by atoms with Crippen LogP contribution < -0.4 is 11.3 Å². The van der Waals surface area contributed by atoms with Gasteiger partial charge in [-0.25, -0.2) is 4.39 Å². The molecule has 100 valence electrons. The van der Waals surface area contributed by atoms with Crippen LogP contribution in [0, 0.1) is 5.82 Å². The molecule has 6 heteroatoms. The Morgan fingerprint density at radius 1 is 1.15 bits per heavy atom. The number of anilines is 1. The zero-order chi connectivity index (χ0) is 14.1. The second-order valence-electron chi connectivity index (χ2n) is 4.31. The predicted molar refractivity (Wildman–Crippen MR) is 74.5 cm³/mol. The molecule has 2 heterocycles. The number of nitrogen functional groups attached to an aromatic ring is 1. The molecule has 0 spiro atoms. The van der Waals surface area contributed by atoms with Crippen LogP contribution in [-0.4, -0.2) is 15.2 Å². The number of pyridine rings is 1. The van der Waals surface area contributed by atoms with Crippen LogP contribution in [-0.2, 0) is 0 Å². The summed E-state index contributed by atoms with van der Waals surface area (Å²) in [5.74, 6) is -0.0766. The maximum absolute atomic E-state index is 13.4. The predicted octanol–water partition coefficient (Wildman–Crippen LogP) is 2.15. The van der Waals surface area contributed by atoms with Crippen molar-refractivity contribution in [2.45, 2.75) is 0 Å². The van der Waals surface area contributed by atoms with Gasteiger partial charge in [-0.05, 0) is 23.8 Å². The van der Waals surface area contributed by atoms with Crippen molar-refractivity contribution in [2.75, 3.05) is 5.73 Å². The van der Waals surface area contributed by atoms with E-state index in [1.807, 2.05) is 0 Å². The first-order chi connectivity index (χ1) is 9.65. The Labute approximate surface area is 113 Å². The summed E-state index contributed by atoms with van der Waals surface area (Å²) in [7, 11) is 0. The van der Waals surface area contributed by atoms with Crippen molar-refractivity contribution in [3.8, 4) is 22.4 Å². The highest BCUT2D eigenvalue weighted by molar-refractivity contribution is 5.87. The topological polar surface area (TPSA) is 87.6 Å². The van der Waals surface area contributed by atoms with Gasteiger partial charge in [0.1, 0.15) is 5.82 Å². The van der Waals surface area contributed by atoms with E-state index in [0.717, 1.165) is 0 Å². The van der Waals surface area contributed by atoms with E-state index in [-0.39, 0.29) is 17.2 Å². The molecule has 4 N–H and O–H groups in total. The van der Waals surface area contributed by atoms with Crippen LogP contribution in [0.5, 0.6) is 0 Å². The molecule has 0 amide bonds. The molecular weight excluding hydrogens is 259 g/mol. The Balaban J connectivity index is 2.19. The first kappa shape index (κ1) is 12.2. The van der Waals surface area contributed by atoms with E-state index >= 15 is 0 Å². The number of aromatic amines is 2. The molecule has 2 aromatic heterocycles. The van der Waals surface area contributed by atoms with E-state index in [1.54, 1.807) is 24.4 Å². The number of nitrogens with two attached hydrogens (primary N) is 1. The van der Waals surface area contributed by atoms with Crippen molar-refractivity contribution in [1.29, 1.82) is 0 Å². The summed E-state index contributed by atoms with van der Waals surface area (Å²) in [5, 5.41) is 6.77. The number of aromatic nitrogens is 3. The monoisotopic (exact) mass is 270 g/mol. The summed E-state index contributed by atoms with van der Waals surface area (Å²) in [4.78, 5) is 13.7. The third kappa shape index (κ3) is 2.07. The number of benzene rings is 1. The van der Waals surface area contributed by atoms with Crippen LogP contribution in [0.25, 0.3) is 22.4 Å². The first-order valence-electron chi connectivity index (χ1n) is 5.94. The minimum Gasteiger partial charge on any atom is -0.382 e. The molecule has 0 aliphatic carbocycles. The largest absolute Gasteiger partial charge is 0.382 e. The Morgan fingerprint density at radius 3 is 2.70 bits per heavy atom. The molecule has 20 heavy (non-hydrogen) atoms. The molecular formula is C14H11FN4O. The lowest BCUT2D eigenvalue weighted by molar-refractivity contribution is 0.628. The van der Waals surface area contributed by atoms with Crippen molar-refractivity contribution in [3.63, 3.8) is 0 Å². The second-order valence-corrected chi connectivity index (χ2v) is 4.31. The molecule has 1 aromatic carbocycles. The van der Waals surface area contributed by atoms with Crippen LogP contribution in [0.3, 0.4) is 0 Å². The number of nitrogens with zero attached hydrogens (tertiary/aromatic N) is 1. The first-order valence-corrected chi connectivity index (χ1v) is 5.94. The number of halogens is 1.